The Balaban J connectivity index is 1.58. The summed E-state index contributed by atoms with van der Waals surface area (Å²) in [6.07, 6.45) is 4.28. The van der Waals surface area contributed by atoms with Crippen molar-refractivity contribution in [2.75, 3.05) is 11.9 Å². The van der Waals surface area contributed by atoms with E-state index in [-0.39, 0.29) is 18.1 Å². The minimum absolute atomic E-state index is 0.138. The van der Waals surface area contributed by atoms with Crippen LogP contribution in [0.3, 0.4) is 0 Å². The van der Waals surface area contributed by atoms with Crippen LogP contribution in [0.5, 0.6) is 5.75 Å². The molecule has 1 amide bonds. The predicted octanol–water partition coefficient (Wildman–Crippen LogP) is 3.06. The van der Waals surface area contributed by atoms with E-state index in [1.807, 2.05) is 19.1 Å². The summed E-state index contributed by atoms with van der Waals surface area (Å²) >= 11 is 1.34. The predicted molar refractivity (Wildman–Crippen MR) is 95.5 cm³/mol. The molecule has 2 heterocycles. The fraction of sp³-hybridized carbons (Fsp3) is 0.278. The number of ether oxygens (including phenoxy) is 1. The van der Waals surface area contributed by atoms with Crippen LogP contribution in [0.2, 0.25) is 0 Å². The average molecular weight is 356 g/mol. The largest absolute Gasteiger partial charge is 0.483 e. The van der Waals surface area contributed by atoms with Gasteiger partial charge in [-0.3, -0.25) is 10.1 Å². The third-order valence-electron chi connectivity index (χ3n) is 4.38. The number of thiazole rings is 1. The molecule has 0 bridgehead atoms. The minimum atomic E-state index is -0.287. The smallest absolute Gasteiger partial charge is 0.339 e. The lowest BCUT2D eigenvalue weighted by atomic mass is 10.0. The lowest BCUT2D eigenvalue weighted by Crippen LogP contribution is -2.20. The number of hydrogen-bond acceptors (Lipinski definition) is 6. The van der Waals surface area contributed by atoms with Crippen molar-refractivity contribution >= 4 is 33.3 Å². The van der Waals surface area contributed by atoms with Crippen molar-refractivity contribution in [1.82, 2.24) is 4.98 Å². The van der Waals surface area contributed by atoms with Crippen LogP contribution >= 0.6 is 11.3 Å². The van der Waals surface area contributed by atoms with E-state index in [0.717, 1.165) is 41.3 Å². The van der Waals surface area contributed by atoms with E-state index in [9.17, 15) is 9.59 Å². The van der Waals surface area contributed by atoms with Gasteiger partial charge in [0, 0.05) is 28.1 Å². The molecule has 7 heteroatoms. The molecule has 0 unspecified atom stereocenters. The molecule has 3 aromatic rings. The van der Waals surface area contributed by atoms with Gasteiger partial charge in [-0.15, -0.1) is 11.3 Å². The average Bonchev–Trinajstić information content (AvgIpc) is 3.27. The van der Waals surface area contributed by atoms with E-state index in [1.165, 1.54) is 11.3 Å². The van der Waals surface area contributed by atoms with Gasteiger partial charge >= 0.3 is 5.63 Å². The molecule has 0 spiro atoms. The van der Waals surface area contributed by atoms with Gasteiger partial charge in [0.1, 0.15) is 11.3 Å². The van der Waals surface area contributed by atoms with Crippen LogP contribution < -0.4 is 15.7 Å². The monoisotopic (exact) mass is 356 g/mol. The van der Waals surface area contributed by atoms with Crippen molar-refractivity contribution in [3.05, 3.63) is 50.8 Å². The number of carbonyl (C=O) groups is 1. The summed E-state index contributed by atoms with van der Waals surface area (Å²) < 4.78 is 11.1. The minimum Gasteiger partial charge on any atom is -0.483 e. The van der Waals surface area contributed by atoms with E-state index >= 15 is 0 Å². The molecule has 4 rings (SSSR count). The Morgan fingerprint density at radius 1 is 1.36 bits per heavy atom. The van der Waals surface area contributed by atoms with Gasteiger partial charge in [-0.25, -0.2) is 9.78 Å². The molecular weight excluding hydrogens is 340 g/mol. The highest BCUT2D eigenvalue weighted by Crippen LogP contribution is 2.32. The third-order valence-corrected chi connectivity index (χ3v) is 5.07. The van der Waals surface area contributed by atoms with Crippen molar-refractivity contribution in [3.8, 4) is 5.75 Å². The maximum atomic E-state index is 12.2. The molecule has 0 radical (unpaired) electrons. The molecule has 1 aliphatic rings. The number of aromatic nitrogens is 1. The Labute approximate surface area is 147 Å². The number of amides is 1. The fourth-order valence-electron chi connectivity index (χ4n) is 3.20. The summed E-state index contributed by atoms with van der Waals surface area (Å²) in [7, 11) is 0. The van der Waals surface area contributed by atoms with Crippen LogP contribution in [0.4, 0.5) is 5.13 Å². The summed E-state index contributed by atoms with van der Waals surface area (Å²) in [5.41, 5.74) is 2.89. The number of benzene rings is 1. The van der Waals surface area contributed by atoms with Crippen molar-refractivity contribution in [2.45, 2.75) is 26.2 Å². The van der Waals surface area contributed by atoms with Crippen LogP contribution in [0.1, 0.15) is 23.1 Å². The number of fused-ring (bicyclic) bond motifs is 3. The highest BCUT2D eigenvalue weighted by molar-refractivity contribution is 7.13. The molecular formula is C18H16N2O4S. The van der Waals surface area contributed by atoms with Crippen LogP contribution in [0, 0.1) is 6.92 Å². The highest BCUT2D eigenvalue weighted by atomic mass is 32.1. The first-order chi connectivity index (χ1) is 12.1. The van der Waals surface area contributed by atoms with E-state index in [0.29, 0.717) is 16.5 Å². The van der Waals surface area contributed by atoms with E-state index in [4.69, 9.17) is 9.15 Å². The van der Waals surface area contributed by atoms with Gasteiger partial charge in [-0.05, 0) is 43.9 Å². The molecule has 1 N–H and O–H groups in total. The number of nitrogens with zero attached hydrogens (tertiary/aromatic N) is 1. The van der Waals surface area contributed by atoms with Crippen molar-refractivity contribution in [2.24, 2.45) is 0 Å². The summed E-state index contributed by atoms with van der Waals surface area (Å²) in [5.74, 6) is 0.243. The number of carbonyl (C=O) groups excluding carboxylic acids is 1. The summed E-state index contributed by atoms with van der Waals surface area (Å²) in [6.45, 7) is 1.70. The lowest BCUT2D eigenvalue weighted by Gasteiger charge is -2.12. The third kappa shape index (κ3) is 2.91. The summed E-state index contributed by atoms with van der Waals surface area (Å²) in [5, 5.41) is 5.94. The zero-order valence-corrected chi connectivity index (χ0v) is 14.4. The van der Waals surface area contributed by atoms with Crippen molar-refractivity contribution in [3.63, 3.8) is 0 Å². The highest BCUT2D eigenvalue weighted by Gasteiger charge is 2.21. The molecule has 0 fully saturated rings. The van der Waals surface area contributed by atoms with Crippen LogP contribution in [-0.2, 0) is 17.6 Å². The maximum absolute atomic E-state index is 12.2. The first-order valence-electron chi connectivity index (χ1n) is 8.04. The molecule has 128 valence electrons. The van der Waals surface area contributed by atoms with Gasteiger partial charge in [-0.1, -0.05) is 0 Å². The Hall–Kier alpha value is -2.67. The topological polar surface area (TPSA) is 81.4 Å². The normalized spacial score (nSPS) is 13.0. The zero-order valence-electron chi connectivity index (χ0n) is 13.6. The van der Waals surface area contributed by atoms with E-state index in [2.05, 4.69) is 10.3 Å². The van der Waals surface area contributed by atoms with Crippen LogP contribution in [0.25, 0.3) is 11.0 Å². The Bertz CT molecular complexity index is 1010. The van der Waals surface area contributed by atoms with Gasteiger partial charge < -0.3 is 9.15 Å². The number of nitrogens with one attached hydrogen (secondary N) is 1. The second-order valence-corrected chi connectivity index (χ2v) is 6.83. The maximum Gasteiger partial charge on any atom is 0.339 e. The first-order valence-corrected chi connectivity index (χ1v) is 8.92. The second kappa shape index (κ2) is 6.33. The fourth-order valence-corrected chi connectivity index (χ4v) is 3.75. The number of anilines is 1. The van der Waals surface area contributed by atoms with Crippen molar-refractivity contribution in [1.29, 1.82) is 0 Å². The van der Waals surface area contributed by atoms with Gasteiger partial charge in [-0.2, -0.15) is 0 Å². The molecule has 6 nitrogen and oxygen atoms in total. The van der Waals surface area contributed by atoms with Crippen molar-refractivity contribution < 1.29 is 13.9 Å². The van der Waals surface area contributed by atoms with Gasteiger partial charge in [0.25, 0.3) is 5.91 Å². The summed E-state index contributed by atoms with van der Waals surface area (Å²) in [4.78, 5) is 28.1. The van der Waals surface area contributed by atoms with E-state index in [1.54, 1.807) is 11.6 Å². The zero-order chi connectivity index (χ0) is 17.4. The molecule has 0 saturated carbocycles. The number of hydrogen-bond donors (Lipinski definition) is 1. The molecule has 1 aliphatic carbocycles. The van der Waals surface area contributed by atoms with Crippen LogP contribution in [-0.4, -0.2) is 17.5 Å². The first kappa shape index (κ1) is 15.8. The quantitative estimate of drug-likeness (QED) is 0.727. The Morgan fingerprint density at radius 3 is 3.00 bits per heavy atom. The van der Waals surface area contributed by atoms with E-state index < -0.39 is 0 Å². The SMILES string of the molecule is Cc1c(OCC(=O)Nc2nccs2)ccc2c3c(c(=O)oc12)CCC3. The Kier molecular flexibility index (Phi) is 4.01. The Morgan fingerprint density at radius 2 is 2.20 bits per heavy atom. The van der Waals surface area contributed by atoms with Gasteiger partial charge in [0.15, 0.2) is 11.7 Å². The molecule has 1 aromatic carbocycles. The van der Waals surface area contributed by atoms with Gasteiger partial charge in [0.2, 0.25) is 0 Å². The standard InChI is InChI=1S/C18H16N2O4S/c1-10-14(23-9-15(21)20-18-19-7-8-25-18)6-5-12-11-3-2-4-13(11)17(22)24-16(10)12/h5-8H,2-4,9H2,1H3,(H,19,20,21). The summed E-state index contributed by atoms with van der Waals surface area (Å²) in [6, 6.07) is 3.73. The number of aryl methyl sites for hydroxylation is 2. The molecule has 0 saturated heterocycles. The molecule has 0 atom stereocenters. The second-order valence-electron chi connectivity index (χ2n) is 5.94. The molecule has 25 heavy (non-hydrogen) atoms. The van der Waals surface area contributed by atoms with Gasteiger partial charge in [0.05, 0.1) is 0 Å². The molecule has 2 aromatic heterocycles. The number of rotatable bonds is 4. The lowest BCUT2D eigenvalue weighted by molar-refractivity contribution is -0.118. The van der Waals surface area contributed by atoms with Crippen LogP contribution in [0.15, 0.2) is 32.9 Å². The molecule has 0 aliphatic heterocycles.